The molecule has 0 aliphatic carbocycles. The Morgan fingerprint density at radius 2 is 1.86 bits per heavy atom. The first-order chi connectivity index (χ1) is 10.6. The van der Waals surface area contributed by atoms with Crippen molar-refractivity contribution in [2.45, 2.75) is 13.3 Å². The summed E-state index contributed by atoms with van der Waals surface area (Å²) in [5, 5.41) is 0. The van der Waals surface area contributed by atoms with Crippen LogP contribution in [0.1, 0.15) is 17.0 Å². The number of nitrogens with zero attached hydrogens (tertiary/aromatic N) is 2. The van der Waals surface area contributed by atoms with Gasteiger partial charge in [-0.1, -0.05) is 12.1 Å². The SMILES string of the molecule is COc1ccc(Cc2nc3cccc(C)n3c2N)cc1OC. The highest BCUT2D eigenvalue weighted by Crippen LogP contribution is 2.29. The molecule has 0 unspecified atom stereocenters. The van der Waals surface area contributed by atoms with E-state index in [9.17, 15) is 0 Å². The quantitative estimate of drug-likeness (QED) is 0.804. The van der Waals surface area contributed by atoms with Crippen molar-refractivity contribution in [3.05, 3.63) is 53.3 Å². The predicted molar refractivity (Wildman–Crippen MR) is 86.7 cm³/mol. The fourth-order valence-corrected chi connectivity index (χ4v) is 2.64. The second-order valence-corrected chi connectivity index (χ2v) is 5.17. The molecule has 5 nitrogen and oxygen atoms in total. The van der Waals surface area contributed by atoms with Gasteiger partial charge in [0.05, 0.1) is 19.9 Å². The Morgan fingerprint density at radius 1 is 1.09 bits per heavy atom. The number of fused-ring (bicyclic) bond motifs is 1. The van der Waals surface area contributed by atoms with E-state index < -0.39 is 0 Å². The van der Waals surface area contributed by atoms with E-state index in [2.05, 4.69) is 4.98 Å². The number of benzene rings is 1. The van der Waals surface area contributed by atoms with Crippen LogP contribution in [-0.4, -0.2) is 23.6 Å². The van der Waals surface area contributed by atoms with Crippen molar-refractivity contribution in [3.63, 3.8) is 0 Å². The van der Waals surface area contributed by atoms with Crippen LogP contribution in [0.3, 0.4) is 0 Å². The largest absolute Gasteiger partial charge is 0.493 e. The predicted octanol–water partition coefficient (Wildman–Crippen LogP) is 2.83. The van der Waals surface area contributed by atoms with E-state index in [0.717, 1.165) is 22.6 Å². The highest BCUT2D eigenvalue weighted by molar-refractivity contribution is 5.55. The third-order valence-electron chi connectivity index (χ3n) is 3.77. The van der Waals surface area contributed by atoms with Crippen molar-refractivity contribution in [2.75, 3.05) is 20.0 Å². The number of ether oxygens (including phenoxy) is 2. The van der Waals surface area contributed by atoms with Crippen LogP contribution in [0.25, 0.3) is 5.65 Å². The minimum atomic E-state index is 0.646. The second-order valence-electron chi connectivity index (χ2n) is 5.17. The van der Waals surface area contributed by atoms with Crippen LogP contribution in [0.2, 0.25) is 0 Å². The summed E-state index contributed by atoms with van der Waals surface area (Å²) < 4.78 is 12.6. The third kappa shape index (κ3) is 2.35. The van der Waals surface area contributed by atoms with Gasteiger partial charge in [-0.25, -0.2) is 4.98 Å². The zero-order valence-electron chi connectivity index (χ0n) is 13.0. The summed E-state index contributed by atoms with van der Waals surface area (Å²) >= 11 is 0. The zero-order chi connectivity index (χ0) is 15.7. The molecule has 2 heterocycles. The molecule has 0 saturated heterocycles. The fourth-order valence-electron chi connectivity index (χ4n) is 2.64. The van der Waals surface area contributed by atoms with Crippen LogP contribution >= 0.6 is 0 Å². The number of imidazole rings is 1. The fraction of sp³-hybridized carbons (Fsp3) is 0.235. The van der Waals surface area contributed by atoms with Crippen LogP contribution in [0.5, 0.6) is 11.5 Å². The van der Waals surface area contributed by atoms with E-state index in [4.69, 9.17) is 15.2 Å². The van der Waals surface area contributed by atoms with Crippen LogP contribution in [0, 0.1) is 6.92 Å². The minimum absolute atomic E-state index is 0.646. The summed E-state index contributed by atoms with van der Waals surface area (Å²) in [6.07, 6.45) is 0.646. The van der Waals surface area contributed by atoms with Crippen molar-refractivity contribution < 1.29 is 9.47 Å². The topological polar surface area (TPSA) is 61.8 Å². The van der Waals surface area contributed by atoms with Gasteiger partial charge in [0.2, 0.25) is 0 Å². The molecule has 0 aliphatic rings. The number of nitrogen functional groups attached to an aromatic ring is 1. The van der Waals surface area contributed by atoms with Gasteiger partial charge in [0.15, 0.2) is 11.5 Å². The molecule has 22 heavy (non-hydrogen) atoms. The van der Waals surface area contributed by atoms with Gasteiger partial charge >= 0.3 is 0 Å². The Bertz CT molecular complexity index is 824. The smallest absolute Gasteiger partial charge is 0.160 e. The van der Waals surface area contributed by atoms with Crippen molar-refractivity contribution >= 4 is 11.5 Å². The standard InChI is InChI=1S/C17H19N3O2/c1-11-5-4-6-16-19-13(17(18)20(11)16)9-12-7-8-14(21-2)15(10-12)22-3/h4-8,10H,9,18H2,1-3H3. The molecule has 3 aromatic rings. The van der Waals surface area contributed by atoms with Crippen molar-refractivity contribution in [2.24, 2.45) is 0 Å². The minimum Gasteiger partial charge on any atom is -0.493 e. The number of methoxy groups -OCH3 is 2. The molecule has 0 spiro atoms. The lowest BCUT2D eigenvalue weighted by Gasteiger charge is -2.09. The Hall–Kier alpha value is -2.69. The van der Waals surface area contributed by atoms with Crippen molar-refractivity contribution in [3.8, 4) is 11.5 Å². The zero-order valence-corrected chi connectivity index (χ0v) is 13.0. The molecule has 2 aromatic heterocycles. The average molecular weight is 297 g/mol. The van der Waals surface area contributed by atoms with Crippen LogP contribution in [-0.2, 0) is 6.42 Å². The number of aromatic nitrogens is 2. The maximum atomic E-state index is 6.26. The maximum absolute atomic E-state index is 6.26. The Kier molecular flexibility index (Phi) is 3.63. The molecule has 0 bridgehead atoms. The number of hydrogen-bond donors (Lipinski definition) is 1. The number of hydrogen-bond acceptors (Lipinski definition) is 4. The van der Waals surface area contributed by atoms with E-state index in [1.54, 1.807) is 14.2 Å². The number of aryl methyl sites for hydroxylation is 1. The van der Waals surface area contributed by atoms with Crippen molar-refractivity contribution in [1.29, 1.82) is 0 Å². The van der Waals surface area contributed by atoms with E-state index in [1.165, 1.54) is 0 Å². The number of anilines is 1. The van der Waals surface area contributed by atoms with Gasteiger partial charge in [0.25, 0.3) is 0 Å². The Labute approximate surface area is 129 Å². The van der Waals surface area contributed by atoms with E-state index in [0.29, 0.717) is 23.7 Å². The Balaban J connectivity index is 2.00. The molecule has 1 aromatic carbocycles. The molecule has 5 heteroatoms. The van der Waals surface area contributed by atoms with Gasteiger partial charge in [-0.15, -0.1) is 0 Å². The molecule has 114 valence electrons. The monoisotopic (exact) mass is 297 g/mol. The van der Waals surface area contributed by atoms with Gasteiger partial charge in [-0.2, -0.15) is 0 Å². The lowest BCUT2D eigenvalue weighted by Crippen LogP contribution is -2.00. The molecule has 0 atom stereocenters. The molecule has 0 saturated carbocycles. The molecule has 2 N–H and O–H groups in total. The van der Waals surface area contributed by atoms with Crippen molar-refractivity contribution in [1.82, 2.24) is 9.38 Å². The summed E-state index contributed by atoms with van der Waals surface area (Å²) in [5.41, 5.74) is 10.1. The molecule has 0 aliphatic heterocycles. The molecule has 3 rings (SSSR count). The maximum Gasteiger partial charge on any atom is 0.160 e. The van der Waals surface area contributed by atoms with E-state index in [-0.39, 0.29) is 0 Å². The molecule has 0 fully saturated rings. The molecule has 0 radical (unpaired) electrons. The second kappa shape index (κ2) is 5.60. The highest BCUT2D eigenvalue weighted by Gasteiger charge is 2.12. The van der Waals surface area contributed by atoms with Crippen LogP contribution < -0.4 is 15.2 Å². The number of pyridine rings is 1. The summed E-state index contributed by atoms with van der Waals surface area (Å²) in [7, 11) is 3.25. The highest BCUT2D eigenvalue weighted by atomic mass is 16.5. The first kappa shape index (κ1) is 14.3. The molecule has 0 amide bonds. The summed E-state index contributed by atoms with van der Waals surface area (Å²) in [5.74, 6) is 2.10. The number of rotatable bonds is 4. The summed E-state index contributed by atoms with van der Waals surface area (Å²) in [4.78, 5) is 4.63. The first-order valence-corrected chi connectivity index (χ1v) is 7.07. The van der Waals surface area contributed by atoms with Gasteiger partial charge in [0.1, 0.15) is 11.5 Å². The van der Waals surface area contributed by atoms with Gasteiger partial charge < -0.3 is 15.2 Å². The summed E-state index contributed by atoms with van der Waals surface area (Å²) in [6.45, 7) is 2.02. The molecular formula is C17H19N3O2. The number of nitrogens with two attached hydrogens (primary N) is 1. The average Bonchev–Trinajstić information content (AvgIpc) is 2.84. The summed E-state index contributed by atoms with van der Waals surface area (Å²) in [6, 6.07) is 11.8. The normalized spacial score (nSPS) is 10.9. The Morgan fingerprint density at radius 3 is 2.55 bits per heavy atom. The van der Waals surface area contributed by atoms with Gasteiger partial charge in [-0.3, -0.25) is 4.40 Å². The van der Waals surface area contributed by atoms with Gasteiger partial charge in [0, 0.05) is 12.1 Å². The van der Waals surface area contributed by atoms with E-state index >= 15 is 0 Å². The van der Waals surface area contributed by atoms with Crippen LogP contribution in [0.15, 0.2) is 36.4 Å². The lowest BCUT2D eigenvalue weighted by atomic mass is 10.1. The lowest BCUT2D eigenvalue weighted by molar-refractivity contribution is 0.354. The van der Waals surface area contributed by atoms with Crippen LogP contribution in [0.4, 0.5) is 5.82 Å². The van der Waals surface area contributed by atoms with Gasteiger partial charge in [-0.05, 0) is 36.8 Å². The first-order valence-electron chi connectivity index (χ1n) is 7.07. The van der Waals surface area contributed by atoms with E-state index in [1.807, 2.05) is 47.7 Å². The third-order valence-corrected chi connectivity index (χ3v) is 3.77. The molecular weight excluding hydrogens is 278 g/mol.